The highest BCUT2D eigenvalue weighted by molar-refractivity contribution is 5.38. The van der Waals surface area contributed by atoms with Crippen LogP contribution in [0.25, 0.3) is 0 Å². The Morgan fingerprint density at radius 1 is 0.848 bits per heavy atom. The third-order valence-corrected chi connectivity index (χ3v) is 6.03. The summed E-state index contributed by atoms with van der Waals surface area (Å²) in [5, 5.41) is 9.67. The quantitative estimate of drug-likeness (QED) is 0.242. The average molecular weight is 453 g/mol. The van der Waals surface area contributed by atoms with Crippen LogP contribution in [-0.4, -0.2) is 11.7 Å². The van der Waals surface area contributed by atoms with E-state index in [0.29, 0.717) is 5.69 Å². The highest BCUT2D eigenvalue weighted by Gasteiger charge is 2.13. The molecule has 2 rings (SSSR count). The highest BCUT2D eigenvalue weighted by atomic mass is 16.5. The zero-order valence-electron chi connectivity index (χ0n) is 20.5. The molecule has 1 heterocycles. The van der Waals surface area contributed by atoms with E-state index in [4.69, 9.17) is 9.47 Å². The molecule has 0 amide bonds. The molecule has 5 nitrogen and oxygen atoms in total. The van der Waals surface area contributed by atoms with Crippen LogP contribution in [0.2, 0.25) is 0 Å². The van der Waals surface area contributed by atoms with Crippen LogP contribution in [0.3, 0.4) is 0 Å². The molecule has 5 heteroatoms. The zero-order valence-corrected chi connectivity index (χ0v) is 20.5. The van der Waals surface area contributed by atoms with Crippen molar-refractivity contribution in [2.45, 2.75) is 97.1 Å². The smallest absolute Gasteiger partial charge is 0.224 e. The second kappa shape index (κ2) is 16.0. The third-order valence-electron chi connectivity index (χ3n) is 6.03. The molecule has 0 fully saturated rings. The molecule has 33 heavy (non-hydrogen) atoms. The van der Waals surface area contributed by atoms with Gasteiger partial charge in [-0.1, -0.05) is 89.7 Å². The number of rotatable bonds is 17. The maximum atomic E-state index is 12.3. The van der Waals surface area contributed by atoms with E-state index >= 15 is 0 Å². The summed E-state index contributed by atoms with van der Waals surface area (Å²) in [6.07, 6.45) is 17.2. The summed E-state index contributed by atoms with van der Waals surface area (Å²) in [5.41, 5.74) is 0.959. The van der Waals surface area contributed by atoms with Gasteiger partial charge in [-0.15, -0.1) is 0 Å². The third kappa shape index (κ3) is 9.74. The highest BCUT2D eigenvalue weighted by Crippen LogP contribution is 2.18. The van der Waals surface area contributed by atoms with Gasteiger partial charge in [0.25, 0.3) is 0 Å². The van der Waals surface area contributed by atoms with E-state index in [1.165, 1.54) is 70.3 Å². The van der Waals surface area contributed by atoms with Crippen LogP contribution >= 0.6 is 0 Å². The van der Waals surface area contributed by atoms with E-state index in [-0.39, 0.29) is 17.8 Å². The molecule has 0 aliphatic carbocycles. The Morgan fingerprint density at radius 2 is 1.42 bits per heavy atom. The average Bonchev–Trinajstić information content (AvgIpc) is 2.84. The molecular formula is C28H40N2O3. The number of unbranched alkanes of at least 4 members (excludes halogenated alkanes) is 11. The predicted octanol–water partition coefficient (Wildman–Crippen LogP) is 7.01. The Kier molecular flexibility index (Phi) is 12.8. The van der Waals surface area contributed by atoms with E-state index in [0.717, 1.165) is 30.7 Å². The molecule has 0 radical (unpaired) electrons. The number of methoxy groups -OCH3 is 1. The first kappa shape index (κ1) is 26.5. The molecule has 0 saturated heterocycles. The van der Waals surface area contributed by atoms with Crippen molar-refractivity contribution < 1.29 is 9.47 Å². The maximum Gasteiger partial charge on any atom is 0.224 e. The minimum atomic E-state index is -0.258. The second-order valence-corrected chi connectivity index (χ2v) is 8.69. The lowest BCUT2D eigenvalue weighted by molar-refractivity contribution is 0.298. The largest absolute Gasteiger partial charge is 0.497 e. The Bertz CT molecular complexity index is 897. The normalized spacial score (nSPS) is 10.7. The molecule has 0 aliphatic heterocycles. The first-order valence-corrected chi connectivity index (χ1v) is 12.6. The molecule has 1 aromatic heterocycles. The van der Waals surface area contributed by atoms with Gasteiger partial charge in [0.05, 0.1) is 7.11 Å². The van der Waals surface area contributed by atoms with Crippen molar-refractivity contribution in [3.05, 3.63) is 58.0 Å². The minimum Gasteiger partial charge on any atom is -0.497 e. The number of hydrogen-bond donors (Lipinski definition) is 0. The van der Waals surface area contributed by atoms with Crippen molar-refractivity contribution in [2.24, 2.45) is 0 Å². The molecule has 0 N–H and O–H groups in total. The van der Waals surface area contributed by atoms with Gasteiger partial charge < -0.3 is 14.0 Å². The molecule has 2 aromatic rings. The van der Waals surface area contributed by atoms with Crippen molar-refractivity contribution in [1.82, 2.24) is 4.57 Å². The Balaban J connectivity index is 1.73. The molecule has 0 atom stereocenters. The Morgan fingerprint density at radius 3 is 1.97 bits per heavy atom. The van der Waals surface area contributed by atoms with Gasteiger partial charge in [0.2, 0.25) is 11.2 Å². The van der Waals surface area contributed by atoms with Gasteiger partial charge in [0.15, 0.2) is 5.69 Å². The van der Waals surface area contributed by atoms with Gasteiger partial charge in [-0.2, -0.15) is 5.26 Å². The molecule has 0 unspecified atom stereocenters. The molecular weight excluding hydrogens is 412 g/mol. The van der Waals surface area contributed by atoms with Gasteiger partial charge in [-0.25, -0.2) is 0 Å². The van der Waals surface area contributed by atoms with E-state index in [1.807, 2.05) is 28.8 Å². The van der Waals surface area contributed by atoms with E-state index in [2.05, 4.69) is 13.0 Å². The molecule has 0 saturated carbocycles. The van der Waals surface area contributed by atoms with Crippen LogP contribution in [0.1, 0.15) is 95.2 Å². The summed E-state index contributed by atoms with van der Waals surface area (Å²) in [6, 6.07) is 11.1. The predicted molar refractivity (Wildman–Crippen MR) is 134 cm³/mol. The van der Waals surface area contributed by atoms with Crippen molar-refractivity contribution in [3.63, 3.8) is 0 Å². The van der Waals surface area contributed by atoms with Crippen LogP contribution in [0, 0.1) is 11.3 Å². The van der Waals surface area contributed by atoms with Crippen LogP contribution in [0.15, 0.2) is 41.3 Å². The number of ether oxygens (including phenoxy) is 2. The number of pyridine rings is 1. The van der Waals surface area contributed by atoms with Crippen molar-refractivity contribution >= 4 is 0 Å². The monoisotopic (exact) mass is 452 g/mol. The van der Waals surface area contributed by atoms with Crippen LogP contribution in [-0.2, 0) is 13.2 Å². The van der Waals surface area contributed by atoms with Gasteiger partial charge >= 0.3 is 0 Å². The Labute approximate surface area is 199 Å². The summed E-state index contributed by atoms with van der Waals surface area (Å²) in [6.45, 7) is 3.21. The van der Waals surface area contributed by atoms with Crippen LogP contribution in [0.5, 0.6) is 11.5 Å². The van der Waals surface area contributed by atoms with Gasteiger partial charge in [0.1, 0.15) is 18.4 Å². The fraction of sp³-hybridized carbons (Fsp3) is 0.571. The van der Waals surface area contributed by atoms with Gasteiger partial charge in [-0.05, 0) is 24.1 Å². The number of benzene rings is 1. The van der Waals surface area contributed by atoms with E-state index in [1.54, 1.807) is 13.3 Å². The van der Waals surface area contributed by atoms with Gasteiger partial charge in [0, 0.05) is 18.8 Å². The first-order chi connectivity index (χ1) is 16.2. The standard InChI is InChI=1S/C28H40N2O3/c1-3-4-5-6-7-8-9-10-11-12-13-14-20-30-21-19-27(31)28(26(30)22-29)33-23-24-15-17-25(32-2)18-16-24/h15-19,21H,3-14,20,23H2,1-2H3. The molecule has 180 valence electrons. The van der Waals surface area contributed by atoms with Crippen molar-refractivity contribution in [3.8, 4) is 17.6 Å². The van der Waals surface area contributed by atoms with Crippen LogP contribution < -0.4 is 14.9 Å². The number of aryl methyl sites for hydroxylation is 1. The fourth-order valence-corrected chi connectivity index (χ4v) is 4.00. The second-order valence-electron chi connectivity index (χ2n) is 8.69. The lowest BCUT2D eigenvalue weighted by Gasteiger charge is -2.13. The number of nitriles is 1. The lowest BCUT2D eigenvalue weighted by Crippen LogP contribution is -2.15. The summed E-state index contributed by atoms with van der Waals surface area (Å²) in [4.78, 5) is 12.3. The van der Waals surface area contributed by atoms with E-state index < -0.39 is 0 Å². The SMILES string of the molecule is CCCCCCCCCCCCCCn1ccc(=O)c(OCc2ccc(OC)cc2)c1C#N. The lowest BCUT2D eigenvalue weighted by atomic mass is 10.1. The van der Waals surface area contributed by atoms with Crippen molar-refractivity contribution in [2.75, 3.05) is 7.11 Å². The van der Waals surface area contributed by atoms with Gasteiger partial charge in [-0.3, -0.25) is 4.79 Å². The molecule has 0 aliphatic rings. The summed E-state index contributed by atoms with van der Waals surface area (Å²) in [7, 11) is 1.62. The zero-order chi connectivity index (χ0) is 23.7. The summed E-state index contributed by atoms with van der Waals surface area (Å²) < 4.78 is 12.8. The molecule has 0 bridgehead atoms. The first-order valence-electron chi connectivity index (χ1n) is 12.6. The number of hydrogen-bond acceptors (Lipinski definition) is 4. The fourth-order valence-electron chi connectivity index (χ4n) is 4.00. The summed E-state index contributed by atoms with van der Waals surface area (Å²) in [5.74, 6) is 0.899. The molecule has 0 spiro atoms. The minimum absolute atomic E-state index is 0.134. The van der Waals surface area contributed by atoms with Crippen LogP contribution in [0.4, 0.5) is 0 Å². The number of aromatic nitrogens is 1. The molecule has 1 aromatic carbocycles. The Hall–Kier alpha value is -2.74. The van der Waals surface area contributed by atoms with Crippen molar-refractivity contribution in [1.29, 1.82) is 5.26 Å². The summed E-state index contributed by atoms with van der Waals surface area (Å²) >= 11 is 0. The maximum absolute atomic E-state index is 12.3. The topological polar surface area (TPSA) is 64.2 Å². The number of nitrogens with zero attached hydrogens (tertiary/aromatic N) is 2. The van der Waals surface area contributed by atoms with E-state index in [9.17, 15) is 10.1 Å².